The standard InChI is InChI=1S/C18H24Cl2N2O2/c19-16-6-1-7-17(20)15(16)12-22-8-2-4-13(11-22)18(23)21-10-14-5-3-9-24-14/h1,6-7,13-14H,2-5,8-12H2,(H,21,23)/t13-,14+/m0/s1. The molecule has 0 aliphatic carbocycles. The third-order valence-electron chi connectivity index (χ3n) is 4.85. The quantitative estimate of drug-likeness (QED) is 0.862. The molecule has 132 valence electrons. The van der Waals surface area contributed by atoms with E-state index in [1.807, 2.05) is 18.2 Å². The van der Waals surface area contributed by atoms with Crippen LogP contribution >= 0.6 is 23.2 Å². The topological polar surface area (TPSA) is 41.6 Å². The van der Waals surface area contributed by atoms with E-state index in [2.05, 4.69) is 10.2 Å². The van der Waals surface area contributed by atoms with E-state index in [1.165, 1.54) is 0 Å². The maximum atomic E-state index is 12.4. The number of nitrogens with zero attached hydrogens (tertiary/aromatic N) is 1. The maximum Gasteiger partial charge on any atom is 0.224 e. The molecule has 0 unspecified atom stereocenters. The zero-order valence-corrected chi connectivity index (χ0v) is 15.3. The lowest BCUT2D eigenvalue weighted by molar-refractivity contribution is -0.127. The summed E-state index contributed by atoms with van der Waals surface area (Å²) in [6, 6.07) is 5.57. The van der Waals surface area contributed by atoms with Crippen LogP contribution in [0, 0.1) is 5.92 Å². The Labute approximate surface area is 153 Å². The molecule has 0 bridgehead atoms. The molecule has 1 N–H and O–H groups in total. The van der Waals surface area contributed by atoms with Crippen LogP contribution in [-0.4, -0.2) is 43.2 Å². The van der Waals surface area contributed by atoms with E-state index in [0.29, 0.717) is 23.1 Å². The Bertz CT molecular complexity index is 556. The van der Waals surface area contributed by atoms with Crippen LogP contribution in [0.5, 0.6) is 0 Å². The summed E-state index contributed by atoms with van der Waals surface area (Å²) in [6.07, 6.45) is 4.28. The molecule has 1 aromatic rings. The van der Waals surface area contributed by atoms with Crippen molar-refractivity contribution < 1.29 is 9.53 Å². The number of hydrogen-bond donors (Lipinski definition) is 1. The number of hydrogen-bond acceptors (Lipinski definition) is 3. The monoisotopic (exact) mass is 370 g/mol. The molecule has 2 saturated heterocycles. The molecule has 2 atom stereocenters. The number of rotatable bonds is 5. The van der Waals surface area contributed by atoms with E-state index >= 15 is 0 Å². The Hall–Kier alpha value is -0.810. The molecule has 0 radical (unpaired) electrons. The van der Waals surface area contributed by atoms with Crippen LogP contribution in [0.2, 0.25) is 10.0 Å². The molecule has 2 aliphatic heterocycles. The van der Waals surface area contributed by atoms with Crippen LogP contribution in [0.4, 0.5) is 0 Å². The highest BCUT2D eigenvalue weighted by Gasteiger charge is 2.27. The third-order valence-corrected chi connectivity index (χ3v) is 5.56. The number of amides is 1. The van der Waals surface area contributed by atoms with E-state index < -0.39 is 0 Å². The minimum absolute atomic E-state index is 0.0291. The molecule has 2 aliphatic rings. The minimum atomic E-state index is 0.0291. The number of benzene rings is 1. The summed E-state index contributed by atoms with van der Waals surface area (Å²) in [7, 11) is 0. The van der Waals surface area contributed by atoms with Crippen LogP contribution in [0.25, 0.3) is 0 Å². The van der Waals surface area contributed by atoms with Crippen molar-refractivity contribution in [1.82, 2.24) is 10.2 Å². The lowest BCUT2D eigenvalue weighted by atomic mass is 9.96. The Balaban J connectivity index is 1.52. The number of ether oxygens (including phenoxy) is 1. The molecular formula is C18H24Cl2N2O2. The molecule has 3 rings (SSSR count). The fraction of sp³-hybridized carbons (Fsp3) is 0.611. The Morgan fingerprint density at radius 3 is 2.75 bits per heavy atom. The van der Waals surface area contributed by atoms with Gasteiger partial charge in [0.2, 0.25) is 5.91 Å². The van der Waals surface area contributed by atoms with Crippen LogP contribution in [0.1, 0.15) is 31.2 Å². The van der Waals surface area contributed by atoms with Gasteiger partial charge < -0.3 is 10.1 Å². The molecule has 1 aromatic carbocycles. The first-order valence-corrected chi connectivity index (χ1v) is 9.43. The predicted octanol–water partition coefficient (Wildman–Crippen LogP) is 3.50. The largest absolute Gasteiger partial charge is 0.376 e. The van der Waals surface area contributed by atoms with E-state index in [-0.39, 0.29) is 17.9 Å². The second kappa shape index (κ2) is 8.52. The summed E-state index contributed by atoms with van der Waals surface area (Å²) in [6.45, 7) is 3.85. The zero-order chi connectivity index (χ0) is 16.9. The predicted molar refractivity (Wildman–Crippen MR) is 96.4 cm³/mol. The fourth-order valence-electron chi connectivity index (χ4n) is 3.48. The summed E-state index contributed by atoms with van der Waals surface area (Å²) in [5.41, 5.74) is 0.946. The molecule has 24 heavy (non-hydrogen) atoms. The fourth-order valence-corrected chi connectivity index (χ4v) is 4.00. The van der Waals surface area contributed by atoms with Crippen molar-refractivity contribution in [2.75, 3.05) is 26.2 Å². The van der Waals surface area contributed by atoms with Crippen LogP contribution < -0.4 is 5.32 Å². The minimum Gasteiger partial charge on any atom is -0.376 e. The first-order valence-electron chi connectivity index (χ1n) is 8.68. The van der Waals surface area contributed by atoms with Crippen molar-refractivity contribution in [1.29, 1.82) is 0 Å². The maximum absolute atomic E-state index is 12.4. The highest BCUT2D eigenvalue weighted by molar-refractivity contribution is 6.35. The van der Waals surface area contributed by atoms with Crippen LogP contribution in [0.15, 0.2) is 18.2 Å². The van der Waals surface area contributed by atoms with Gasteiger partial charge in [0, 0.05) is 41.8 Å². The average Bonchev–Trinajstić information content (AvgIpc) is 3.10. The van der Waals surface area contributed by atoms with E-state index in [9.17, 15) is 4.79 Å². The molecule has 6 heteroatoms. The van der Waals surface area contributed by atoms with E-state index in [1.54, 1.807) is 0 Å². The van der Waals surface area contributed by atoms with Gasteiger partial charge in [0.1, 0.15) is 0 Å². The lowest BCUT2D eigenvalue weighted by Gasteiger charge is -2.32. The normalized spacial score (nSPS) is 24.9. The second-order valence-corrected chi connectivity index (χ2v) is 7.47. The summed E-state index contributed by atoms with van der Waals surface area (Å²) < 4.78 is 5.56. The highest BCUT2D eigenvalue weighted by Crippen LogP contribution is 2.27. The van der Waals surface area contributed by atoms with Gasteiger partial charge in [-0.15, -0.1) is 0 Å². The average molecular weight is 371 g/mol. The molecule has 0 aromatic heterocycles. The van der Waals surface area contributed by atoms with Crippen molar-refractivity contribution in [2.45, 2.75) is 38.3 Å². The summed E-state index contributed by atoms with van der Waals surface area (Å²) in [5, 5.41) is 4.43. The summed E-state index contributed by atoms with van der Waals surface area (Å²) in [4.78, 5) is 14.7. The first-order chi connectivity index (χ1) is 11.6. The number of halogens is 2. The van der Waals surface area contributed by atoms with Gasteiger partial charge in [-0.1, -0.05) is 29.3 Å². The second-order valence-electron chi connectivity index (χ2n) is 6.65. The first kappa shape index (κ1) is 18.0. The number of piperidine rings is 1. The molecule has 2 heterocycles. The number of carbonyl (C=O) groups is 1. The van der Waals surface area contributed by atoms with Gasteiger partial charge in [0.15, 0.2) is 0 Å². The molecule has 0 saturated carbocycles. The molecule has 2 fully saturated rings. The smallest absolute Gasteiger partial charge is 0.224 e. The van der Waals surface area contributed by atoms with Crippen molar-refractivity contribution in [2.24, 2.45) is 5.92 Å². The van der Waals surface area contributed by atoms with Crippen molar-refractivity contribution in [3.05, 3.63) is 33.8 Å². The van der Waals surface area contributed by atoms with Gasteiger partial charge in [-0.2, -0.15) is 0 Å². The number of likely N-dealkylation sites (tertiary alicyclic amines) is 1. The van der Waals surface area contributed by atoms with Crippen LogP contribution in [-0.2, 0) is 16.1 Å². The van der Waals surface area contributed by atoms with E-state index in [0.717, 1.165) is 50.9 Å². The summed E-state index contributed by atoms with van der Waals surface area (Å²) >= 11 is 12.5. The Morgan fingerprint density at radius 1 is 1.25 bits per heavy atom. The molecule has 1 amide bonds. The van der Waals surface area contributed by atoms with Crippen molar-refractivity contribution in [3.63, 3.8) is 0 Å². The Morgan fingerprint density at radius 2 is 2.04 bits per heavy atom. The summed E-state index contributed by atoms with van der Waals surface area (Å²) in [5.74, 6) is 0.168. The third kappa shape index (κ3) is 4.63. The van der Waals surface area contributed by atoms with Gasteiger partial charge in [0.05, 0.1) is 12.0 Å². The molecule has 4 nitrogen and oxygen atoms in total. The molecular weight excluding hydrogens is 347 g/mol. The SMILES string of the molecule is O=C(NC[C@H]1CCCO1)[C@H]1CCCN(Cc2c(Cl)cccc2Cl)C1. The Kier molecular flexibility index (Phi) is 6.39. The lowest BCUT2D eigenvalue weighted by Crippen LogP contribution is -2.44. The van der Waals surface area contributed by atoms with Gasteiger partial charge in [-0.3, -0.25) is 9.69 Å². The van der Waals surface area contributed by atoms with Gasteiger partial charge in [-0.25, -0.2) is 0 Å². The molecule has 0 spiro atoms. The van der Waals surface area contributed by atoms with Gasteiger partial charge >= 0.3 is 0 Å². The zero-order valence-electron chi connectivity index (χ0n) is 13.8. The van der Waals surface area contributed by atoms with Crippen LogP contribution in [0.3, 0.4) is 0 Å². The van der Waals surface area contributed by atoms with Gasteiger partial charge in [0.25, 0.3) is 0 Å². The van der Waals surface area contributed by atoms with E-state index in [4.69, 9.17) is 27.9 Å². The van der Waals surface area contributed by atoms with Crippen molar-refractivity contribution >= 4 is 29.1 Å². The van der Waals surface area contributed by atoms with Gasteiger partial charge in [-0.05, 0) is 44.4 Å². The highest BCUT2D eigenvalue weighted by atomic mass is 35.5. The number of nitrogens with one attached hydrogen (secondary N) is 1. The van der Waals surface area contributed by atoms with Crippen molar-refractivity contribution in [3.8, 4) is 0 Å². The number of carbonyl (C=O) groups excluding carboxylic acids is 1.